The van der Waals surface area contributed by atoms with Crippen LogP contribution in [0.25, 0.3) is 17.2 Å². The first-order chi connectivity index (χ1) is 18.9. The fourth-order valence-corrected chi connectivity index (χ4v) is 5.11. The quantitative estimate of drug-likeness (QED) is 0.187. The van der Waals surface area contributed by atoms with E-state index in [1.807, 2.05) is 49.6 Å². The first-order valence-electron chi connectivity index (χ1n) is 12.8. The third-order valence-electron chi connectivity index (χ3n) is 6.93. The average molecular weight is 534 g/mol. The minimum Gasteiger partial charge on any atom is -0.352 e. The molecule has 1 unspecified atom stereocenters. The van der Waals surface area contributed by atoms with E-state index in [9.17, 15) is 14.0 Å². The lowest BCUT2D eigenvalue weighted by Gasteiger charge is -2.15. The van der Waals surface area contributed by atoms with Crippen LogP contribution in [0.3, 0.4) is 0 Å². The van der Waals surface area contributed by atoms with Crippen LogP contribution in [-0.4, -0.2) is 17.9 Å². The number of ketones is 1. The highest BCUT2D eigenvalue weighted by Crippen LogP contribution is 2.40. The molecule has 1 aliphatic carbocycles. The van der Waals surface area contributed by atoms with Gasteiger partial charge in [0.2, 0.25) is 5.91 Å². The van der Waals surface area contributed by atoms with Crippen LogP contribution in [0, 0.1) is 11.7 Å². The summed E-state index contributed by atoms with van der Waals surface area (Å²) in [5.74, 6) is -0.994. The molecular formula is C34H28FNO2S. The van der Waals surface area contributed by atoms with Crippen LogP contribution in [0.2, 0.25) is 0 Å². The van der Waals surface area contributed by atoms with Crippen molar-refractivity contribution >= 4 is 40.7 Å². The lowest BCUT2D eigenvalue weighted by molar-refractivity contribution is -0.123. The minimum absolute atomic E-state index is 0.0390. The molecule has 1 N–H and O–H groups in total. The van der Waals surface area contributed by atoms with Crippen molar-refractivity contribution in [2.75, 3.05) is 6.26 Å². The van der Waals surface area contributed by atoms with Gasteiger partial charge < -0.3 is 5.32 Å². The summed E-state index contributed by atoms with van der Waals surface area (Å²) in [6, 6.07) is 29.4. The molecule has 5 heteroatoms. The summed E-state index contributed by atoms with van der Waals surface area (Å²) >= 11 is 1.69. The predicted octanol–water partition coefficient (Wildman–Crippen LogP) is 7.67. The molecular weight excluding hydrogens is 505 g/mol. The summed E-state index contributed by atoms with van der Waals surface area (Å²) in [4.78, 5) is 27.0. The topological polar surface area (TPSA) is 46.2 Å². The molecule has 0 radical (unpaired) electrons. The summed E-state index contributed by atoms with van der Waals surface area (Å²) in [6.45, 7) is 2.17. The van der Waals surface area contributed by atoms with Crippen molar-refractivity contribution in [1.29, 1.82) is 0 Å². The van der Waals surface area contributed by atoms with Gasteiger partial charge >= 0.3 is 0 Å². The van der Waals surface area contributed by atoms with E-state index in [4.69, 9.17) is 0 Å². The number of halogens is 1. The molecule has 194 valence electrons. The number of nitrogens with one attached hydrogen (secondary N) is 1. The Bertz CT molecular complexity index is 1570. The van der Waals surface area contributed by atoms with Gasteiger partial charge in [-0.2, -0.15) is 0 Å². The average Bonchev–Trinajstić information content (AvgIpc) is 3.33. The molecule has 3 nitrogen and oxygen atoms in total. The maximum Gasteiger partial charge on any atom is 0.227 e. The number of fused-ring (bicyclic) bond motifs is 1. The van der Waals surface area contributed by atoms with E-state index >= 15 is 0 Å². The van der Waals surface area contributed by atoms with Crippen LogP contribution in [-0.2, 0) is 11.3 Å². The molecule has 0 heterocycles. The molecule has 0 aromatic heterocycles. The van der Waals surface area contributed by atoms with Gasteiger partial charge in [-0.3, -0.25) is 9.59 Å². The number of thioether (sulfide) groups is 1. The van der Waals surface area contributed by atoms with E-state index in [0.717, 1.165) is 33.4 Å². The van der Waals surface area contributed by atoms with Crippen LogP contribution in [0.5, 0.6) is 0 Å². The first-order valence-corrected chi connectivity index (χ1v) is 14.0. The number of allylic oxidation sites excluding steroid dienone is 2. The Labute approximate surface area is 232 Å². The zero-order valence-electron chi connectivity index (χ0n) is 21.8. The molecule has 0 bridgehead atoms. The summed E-state index contributed by atoms with van der Waals surface area (Å²) in [6.07, 6.45) is 6.09. The second kappa shape index (κ2) is 11.7. The molecule has 5 rings (SSSR count). The number of benzene rings is 4. The lowest BCUT2D eigenvalue weighted by Crippen LogP contribution is -2.29. The Hall–Kier alpha value is -4.22. The minimum atomic E-state index is -0.478. The van der Waals surface area contributed by atoms with Crippen LogP contribution < -0.4 is 5.32 Å². The Balaban J connectivity index is 1.30. The molecule has 0 saturated carbocycles. The summed E-state index contributed by atoms with van der Waals surface area (Å²) in [5, 5.41) is 3.00. The van der Waals surface area contributed by atoms with Gasteiger partial charge in [0.05, 0.1) is 5.92 Å². The van der Waals surface area contributed by atoms with Crippen molar-refractivity contribution in [3.8, 4) is 0 Å². The van der Waals surface area contributed by atoms with Crippen LogP contribution in [0.1, 0.15) is 45.1 Å². The smallest absolute Gasteiger partial charge is 0.227 e. The molecule has 0 saturated heterocycles. The Morgan fingerprint density at radius 2 is 1.56 bits per heavy atom. The van der Waals surface area contributed by atoms with Gasteiger partial charge in [-0.1, -0.05) is 72.8 Å². The van der Waals surface area contributed by atoms with Crippen molar-refractivity contribution in [3.05, 3.63) is 142 Å². The third-order valence-corrected chi connectivity index (χ3v) is 7.67. The maximum absolute atomic E-state index is 14.2. The molecule has 1 amide bonds. The number of carbonyl (C=O) groups excluding carboxylic acids is 2. The van der Waals surface area contributed by atoms with Crippen molar-refractivity contribution in [1.82, 2.24) is 5.32 Å². The fourth-order valence-electron chi connectivity index (χ4n) is 4.70. The van der Waals surface area contributed by atoms with Crippen LogP contribution in [0.4, 0.5) is 4.39 Å². The van der Waals surface area contributed by atoms with E-state index in [-0.39, 0.29) is 17.5 Å². The summed E-state index contributed by atoms with van der Waals surface area (Å²) in [7, 11) is 0. The second-order valence-corrected chi connectivity index (χ2v) is 10.4. The van der Waals surface area contributed by atoms with Crippen molar-refractivity contribution in [2.45, 2.75) is 18.4 Å². The Morgan fingerprint density at radius 1 is 0.872 bits per heavy atom. The molecule has 1 aliphatic rings. The monoisotopic (exact) mass is 533 g/mol. The zero-order valence-corrected chi connectivity index (χ0v) is 22.6. The summed E-state index contributed by atoms with van der Waals surface area (Å²) < 4.78 is 14.2. The second-order valence-electron chi connectivity index (χ2n) is 9.49. The van der Waals surface area contributed by atoms with Gasteiger partial charge in [0.25, 0.3) is 0 Å². The Morgan fingerprint density at radius 3 is 2.26 bits per heavy atom. The highest BCUT2D eigenvalue weighted by atomic mass is 32.2. The number of amides is 1. The van der Waals surface area contributed by atoms with Crippen molar-refractivity contribution in [2.24, 2.45) is 5.92 Å². The van der Waals surface area contributed by atoms with Gasteiger partial charge in [0.1, 0.15) is 5.82 Å². The molecule has 0 aliphatic heterocycles. The normalized spacial score (nSPS) is 14.0. The van der Waals surface area contributed by atoms with Crippen molar-refractivity contribution < 1.29 is 14.0 Å². The first kappa shape index (κ1) is 26.4. The standard InChI is InChI=1S/C34H28FNO2S/c1-22(34(38)36-21-24-8-12-26(13-9-24)33(37)25-6-4-3-5-7-25)31-19-27(30-17-14-28(35)20-32(30)31)18-23-10-15-29(39-2)16-11-23/h3-20,22H,21H2,1-2H3,(H,36,38)/b27-18+. The molecule has 0 fully saturated rings. The van der Waals surface area contributed by atoms with Gasteiger partial charge in [-0.25, -0.2) is 4.39 Å². The van der Waals surface area contributed by atoms with E-state index < -0.39 is 5.92 Å². The zero-order chi connectivity index (χ0) is 27.4. The number of hydrogen-bond donors (Lipinski definition) is 1. The van der Waals surface area contributed by atoms with Crippen LogP contribution in [0.15, 0.2) is 108 Å². The molecule has 1 atom stereocenters. The van der Waals surface area contributed by atoms with Gasteiger partial charge in [0, 0.05) is 22.6 Å². The molecule has 39 heavy (non-hydrogen) atoms. The van der Waals surface area contributed by atoms with E-state index in [0.29, 0.717) is 17.7 Å². The molecule has 0 spiro atoms. The SMILES string of the molecule is CSc1ccc(/C=C2\C=C(C(C)C(=O)NCc3ccc(C(=O)c4ccccc4)cc3)c3cc(F)ccc32)cc1. The number of carbonyl (C=O) groups is 2. The highest BCUT2D eigenvalue weighted by Gasteiger charge is 2.27. The van der Waals surface area contributed by atoms with Crippen molar-refractivity contribution in [3.63, 3.8) is 0 Å². The largest absolute Gasteiger partial charge is 0.352 e. The van der Waals surface area contributed by atoms with E-state index in [1.165, 1.54) is 17.0 Å². The highest BCUT2D eigenvalue weighted by molar-refractivity contribution is 7.98. The predicted molar refractivity (Wildman–Crippen MR) is 158 cm³/mol. The third kappa shape index (κ3) is 5.94. The van der Waals surface area contributed by atoms with Crippen LogP contribution >= 0.6 is 11.8 Å². The number of hydrogen-bond acceptors (Lipinski definition) is 3. The lowest BCUT2D eigenvalue weighted by atomic mass is 9.94. The maximum atomic E-state index is 14.2. The molecule has 4 aromatic rings. The summed E-state index contributed by atoms with van der Waals surface area (Å²) in [5.41, 5.74) is 6.57. The van der Waals surface area contributed by atoms with Gasteiger partial charge in [-0.15, -0.1) is 11.8 Å². The fraction of sp³-hybridized carbons (Fsp3) is 0.118. The van der Waals surface area contributed by atoms with Gasteiger partial charge in [0.15, 0.2) is 5.78 Å². The van der Waals surface area contributed by atoms with E-state index in [1.54, 1.807) is 42.1 Å². The number of rotatable bonds is 8. The van der Waals surface area contributed by atoms with Gasteiger partial charge in [-0.05, 0) is 83.0 Å². The Kier molecular flexibility index (Phi) is 7.89. The molecule has 4 aromatic carbocycles. The van der Waals surface area contributed by atoms with E-state index in [2.05, 4.69) is 35.7 Å².